The molecule has 1 aliphatic heterocycles. The molecule has 170 valence electrons. The molecule has 3 heterocycles. The van der Waals surface area contributed by atoms with Gasteiger partial charge in [0.1, 0.15) is 10.7 Å². The zero-order valence-electron chi connectivity index (χ0n) is 16.4. The molecule has 4 rings (SSSR count). The lowest BCUT2D eigenvalue weighted by Gasteiger charge is -2.34. The first-order chi connectivity index (χ1) is 14.9. The number of non-ortho nitro benzene ring substituents is 1. The van der Waals surface area contributed by atoms with Gasteiger partial charge in [-0.3, -0.25) is 14.5 Å². The molecule has 0 bridgehead atoms. The molecule has 10 nitrogen and oxygen atoms in total. The van der Waals surface area contributed by atoms with Crippen LogP contribution in [0.3, 0.4) is 0 Å². The lowest BCUT2D eigenvalue weighted by Crippen LogP contribution is -2.36. The van der Waals surface area contributed by atoms with Gasteiger partial charge < -0.3 is 4.90 Å². The van der Waals surface area contributed by atoms with Crippen LogP contribution in [0.1, 0.15) is 30.1 Å². The molecule has 2 aromatic heterocycles. The van der Waals surface area contributed by atoms with Crippen LogP contribution in [0, 0.1) is 10.1 Å². The number of sulfonamides is 1. The number of pyridine rings is 1. The van der Waals surface area contributed by atoms with Gasteiger partial charge in [0.2, 0.25) is 10.0 Å². The van der Waals surface area contributed by atoms with Crippen molar-refractivity contribution in [3.8, 4) is 0 Å². The SMILES string of the molecule is NS(=O)(=O)c1cc([N+](=O)[O-])ccc1N1CCCC(c2nnc3ccc(C(F)(F)F)cn23)C1. The van der Waals surface area contributed by atoms with E-state index in [1.54, 1.807) is 4.90 Å². The highest BCUT2D eigenvalue weighted by molar-refractivity contribution is 7.89. The zero-order chi connectivity index (χ0) is 23.3. The standard InChI is InChI=1S/C18H17F3N6O4S/c19-18(20,21)12-3-6-16-23-24-17(26(16)10-12)11-2-1-7-25(9-11)14-5-4-13(27(28)29)8-15(14)32(22,30)31/h3-6,8,10-11H,1-2,7,9H2,(H2,22,30,31). The molecule has 1 aliphatic rings. The lowest BCUT2D eigenvalue weighted by molar-refractivity contribution is -0.385. The van der Waals surface area contributed by atoms with Gasteiger partial charge in [-0.2, -0.15) is 13.2 Å². The Kier molecular flexibility index (Phi) is 5.29. The monoisotopic (exact) mass is 470 g/mol. The van der Waals surface area contributed by atoms with Crippen molar-refractivity contribution in [3.63, 3.8) is 0 Å². The summed E-state index contributed by atoms with van der Waals surface area (Å²) in [5.74, 6) is -0.0411. The fourth-order valence-corrected chi connectivity index (χ4v) is 4.64. The summed E-state index contributed by atoms with van der Waals surface area (Å²) < 4.78 is 64.9. The van der Waals surface area contributed by atoms with Crippen LogP contribution in [0.2, 0.25) is 0 Å². The van der Waals surface area contributed by atoms with E-state index in [4.69, 9.17) is 5.14 Å². The van der Waals surface area contributed by atoms with E-state index < -0.39 is 37.3 Å². The predicted molar refractivity (Wildman–Crippen MR) is 107 cm³/mol. The van der Waals surface area contributed by atoms with Crippen LogP contribution in [-0.2, 0) is 16.2 Å². The number of hydrogen-bond donors (Lipinski definition) is 1. The Morgan fingerprint density at radius 3 is 2.59 bits per heavy atom. The van der Waals surface area contributed by atoms with Gasteiger partial charge in [-0.05, 0) is 31.0 Å². The molecular weight excluding hydrogens is 453 g/mol. The van der Waals surface area contributed by atoms with Crippen LogP contribution in [-0.4, -0.2) is 41.0 Å². The van der Waals surface area contributed by atoms with Crippen LogP contribution in [0.25, 0.3) is 5.65 Å². The number of benzene rings is 1. The van der Waals surface area contributed by atoms with Gasteiger partial charge >= 0.3 is 6.18 Å². The first kappa shape index (κ1) is 22.0. The fourth-order valence-electron chi connectivity index (χ4n) is 3.87. The van der Waals surface area contributed by atoms with Crippen LogP contribution in [0.15, 0.2) is 41.4 Å². The van der Waals surface area contributed by atoms with E-state index in [0.717, 1.165) is 18.3 Å². The molecule has 1 aromatic carbocycles. The van der Waals surface area contributed by atoms with Crippen molar-refractivity contribution in [3.05, 3.63) is 58.0 Å². The normalized spacial score (nSPS) is 17.6. The number of primary sulfonamides is 1. The van der Waals surface area contributed by atoms with E-state index in [0.29, 0.717) is 25.2 Å². The van der Waals surface area contributed by atoms with Crippen molar-refractivity contribution in [2.24, 2.45) is 5.14 Å². The maximum absolute atomic E-state index is 13.1. The number of nitrogens with zero attached hydrogens (tertiary/aromatic N) is 5. The highest BCUT2D eigenvalue weighted by Gasteiger charge is 2.33. The molecule has 0 aliphatic carbocycles. The lowest BCUT2D eigenvalue weighted by atomic mass is 9.96. The number of hydrogen-bond acceptors (Lipinski definition) is 7. The second-order valence-electron chi connectivity index (χ2n) is 7.44. The molecule has 1 atom stereocenters. The molecular formula is C18H17F3N6O4S. The number of aromatic nitrogens is 3. The average Bonchev–Trinajstić information content (AvgIpc) is 3.15. The topological polar surface area (TPSA) is 137 Å². The van der Waals surface area contributed by atoms with E-state index in [1.165, 1.54) is 22.6 Å². The molecule has 1 fully saturated rings. The molecule has 0 saturated carbocycles. The molecule has 0 radical (unpaired) electrons. The van der Waals surface area contributed by atoms with E-state index in [-0.39, 0.29) is 23.8 Å². The average molecular weight is 470 g/mol. The van der Waals surface area contributed by atoms with E-state index in [9.17, 15) is 31.7 Å². The minimum absolute atomic E-state index is 0.188. The van der Waals surface area contributed by atoms with Gasteiger partial charge in [-0.1, -0.05) is 0 Å². The van der Waals surface area contributed by atoms with E-state index in [1.807, 2.05) is 0 Å². The van der Waals surface area contributed by atoms with Crippen molar-refractivity contribution in [2.45, 2.75) is 29.8 Å². The summed E-state index contributed by atoms with van der Waals surface area (Å²) in [5, 5.41) is 24.3. The zero-order valence-corrected chi connectivity index (χ0v) is 17.2. The Bertz CT molecular complexity index is 1310. The van der Waals surface area contributed by atoms with Gasteiger partial charge in [0.15, 0.2) is 5.65 Å². The highest BCUT2D eigenvalue weighted by Crippen LogP contribution is 2.35. The van der Waals surface area contributed by atoms with Crippen molar-refractivity contribution in [2.75, 3.05) is 18.0 Å². The number of anilines is 1. The number of rotatable bonds is 4. The van der Waals surface area contributed by atoms with Crippen LogP contribution in [0.5, 0.6) is 0 Å². The van der Waals surface area contributed by atoms with Crippen LogP contribution < -0.4 is 10.0 Å². The van der Waals surface area contributed by atoms with Crippen molar-refractivity contribution >= 4 is 27.0 Å². The van der Waals surface area contributed by atoms with Gasteiger partial charge in [0.25, 0.3) is 5.69 Å². The van der Waals surface area contributed by atoms with Gasteiger partial charge in [0, 0.05) is 37.3 Å². The Hall–Kier alpha value is -3.26. The molecule has 0 amide bonds. The number of nitro groups is 1. The van der Waals surface area contributed by atoms with Crippen LogP contribution in [0.4, 0.5) is 24.5 Å². The highest BCUT2D eigenvalue weighted by atomic mass is 32.2. The largest absolute Gasteiger partial charge is 0.417 e. The molecule has 3 aromatic rings. The molecule has 1 unspecified atom stereocenters. The summed E-state index contributed by atoms with van der Waals surface area (Å²) in [6, 6.07) is 5.54. The van der Waals surface area contributed by atoms with Gasteiger partial charge in [-0.25, -0.2) is 13.6 Å². The van der Waals surface area contributed by atoms with Gasteiger partial charge in [0.05, 0.1) is 16.2 Å². The number of fused-ring (bicyclic) bond motifs is 1. The molecule has 32 heavy (non-hydrogen) atoms. The summed E-state index contributed by atoms with van der Waals surface area (Å²) in [6.07, 6.45) is -2.42. The first-order valence-corrected chi connectivity index (χ1v) is 11.0. The second kappa shape index (κ2) is 7.70. The number of nitro benzene ring substituents is 1. The quantitative estimate of drug-likeness (QED) is 0.457. The van der Waals surface area contributed by atoms with Crippen molar-refractivity contribution < 1.29 is 26.5 Å². The number of nitrogens with two attached hydrogens (primary N) is 1. The minimum atomic E-state index is -4.53. The number of halogens is 3. The summed E-state index contributed by atoms with van der Waals surface area (Å²) >= 11 is 0. The van der Waals surface area contributed by atoms with E-state index in [2.05, 4.69) is 10.2 Å². The summed E-state index contributed by atoms with van der Waals surface area (Å²) in [7, 11) is -4.27. The number of piperidine rings is 1. The molecule has 2 N–H and O–H groups in total. The third-order valence-electron chi connectivity index (χ3n) is 5.34. The Labute approximate surface area is 179 Å². The molecule has 1 saturated heterocycles. The summed E-state index contributed by atoms with van der Waals surface area (Å²) in [4.78, 5) is 11.6. The molecule has 0 spiro atoms. The maximum atomic E-state index is 13.1. The Morgan fingerprint density at radius 1 is 1.19 bits per heavy atom. The number of alkyl halides is 3. The Balaban J connectivity index is 1.72. The van der Waals surface area contributed by atoms with Crippen molar-refractivity contribution in [1.82, 2.24) is 14.6 Å². The fraction of sp³-hybridized carbons (Fsp3) is 0.333. The third-order valence-corrected chi connectivity index (χ3v) is 6.28. The third kappa shape index (κ3) is 4.10. The first-order valence-electron chi connectivity index (χ1n) is 9.43. The van der Waals surface area contributed by atoms with Crippen molar-refractivity contribution in [1.29, 1.82) is 0 Å². The van der Waals surface area contributed by atoms with Crippen LogP contribution >= 0.6 is 0 Å². The van der Waals surface area contributed by atoms with E-state index >= 15 is 0 Å². The summed E-state index contributed by atoms with van der Waals surface area (Å²) in [5.41, 5.74) is -0.821. The Morgan fingerprint density at radius 2 is 1.94 bits per heavy atom. The summed E-state index contributed by atoms with van der Waals surface area (Å²) in [6.45, 7) is 0.652. The second-order valence-corrected chi connectivity index (χ2v) is 8.97. The van der Waals surface area contributed by atoms with Gasteiger partial charge in [-0.15, -0.1) is 10.2 Å². The molecule has 14 heteroatoms. The smallest absolute Gasteiger partial charge is 0.370 e. The maximum Gasteiger partial charge on any atom is 0.417 e. The predicted octanol–water partition coefficient (Wildman–Crippen LogP) is 2.69. The minimum Gasteiger partial charge on any atom is -0.370 e.